The smallest absolute Gasteiger partial charge is 0.308 e. The second-order valence-electron chi connectivity index (χ2n) is 4.50. The van der Waals surface area contributed by atoms with E-state index in [9.17, 15) is 9.59 Å². The van der Waals surface area contributed by atoms with Gasteiger partial charge in [0.1, 0.15) is 6.54 Å². The molecule has 0 aliphatic carbocycles. The minimum absolute atomic E-state index is 0.0512. The highest BCUT2D eigenvalue weighted by Gasteiger charge is 2.11. The van der Waals surface area contributed by atoms with E-state index in [1.54, 1.807) is 12.1 Å². The molecule has 0 atom stereocenters. The fraction of sp³-hybridized carbons (Fsp3) is 0.286. The largest absolute Gasteiger partial charge is 0.350 e. The predicted molar refractivity (Wildman–Crippen MR) is 81.4 cm³/mol. The molecule has 1 N–H and O–H groups in total. The summed E-state index contributed by atoms with van der Waals surface area (Å²) in [5.74, 6) is -0.187. The van der Waals surface area contributed by atoms with Crippen molar-refractivity contribution in [1.29, 1.82) is 0 Å². The molecule has 0 unspecified atom stereocenters. The molecule has 2 aromatic rings. The van der Waals surface area contributed by atoms with E-state index in [0.29, 0.717) is 11.6 Å². The first-order valence-electron chi connectivity index (χ1n) is 6.15. The number of hydrogen-bond acceptors (Lipinski definition) is 3. The number of amides is 1. The zero-order valence-corrected chi connectivity index (χ0v) is 12.8. The number of nitrogens with one attached hydrogen (secondary N) is 1. The van der Waals surface area contributed by atoms with E-state index in [0.717, 1.165) is 27.5 Å². The van der Waals surface area contributed by atoms with Crippen LogP contribution in [0.5, 0.6) is 0 Å². The van der Waals surface area contributed by atoms with E-state index in [4.69, 9.17) is 11.6 Å². The Bertz CT molecular complexity index is 691. The van der Waals surface area contributed by atoms with Crippen molar-refractivity contribution in [2.45, 2.75) is 26.9 Å². The topological polar surface area (TPSA) is 51.1 Å². The zero-order chi connectivity index (χ0) is 14.7. The number of carbonyl (C=O) groups is 1. The molecule has 106 valence electrons. The van der Waals surface area contributed by atoms with Crippen LogP contribution in [0.1, 0.15) is 16.1 Å². The number of aromatic nitrogens is 1. The number of nitrogens with zero attached hydrogens (tertiary/aromatic N) is 1. The summed E-state index contributed by atoms with van der Waals surface area (Å²) in [7, 11) is 0. The van der Waals surface area contributed by atoms with Crippen LogP contribution in [0.4, 0.5) is 0 Å². The quantitative estimate of drug-likeness (QED) is 0.943. The van der Waals surface area contributed by atoms with Crippen LogP contribution in [0.25, 0.3) is 0 Å². The Labute approximate surface area is 126 Å². The van der Waals surface area contributed by atoms with Gasteiger partial charge in [-0.2, -0.15) is 0 Å². The van der Waals surface area contributed by atoms with Gasteiger partial charge >= 0.3 is 4.87 Å². The van der Waals surface area contributed by atoms with Crippen LogP contribution < -0.4 is 10.2 Å². The molecule has 0 bridgehead atoms. The van der Waals surface area contributed by atoms with Gasteiger partial charge in [0, 0.05) is 22.1 Å². The highest BCUT2D eigenvalue weighted by Crippen LogP contribution is 2.11. The second-order valence-corrected chi connectivity index (χ2v) is 6.10. The SMILES string of the molecule is Cc1sc(=O)n(CC(=O)NCc2cccc(Cl)c2)c1C. The summed E-state index contributed by atoms with van der Waals surface area (Å²) in [4.78, 5) is 24.4. The number of benzene rings is 1. The summed E-state index contributed by atoms with van der Waals surface area (Å²) in [5.41, 5.74) is 1.77. The third-order valence-corrected chi connectivity index (χ3v) is 4.29. The van der Waals surface area contributed by atoms with Crippen molar-refractivity contribution in [3.05, 3.63) is 55.1 Å². The Hall–Kier alpha value is -1.59. The number of thiazole rings is 1. The molecule has 4 nitrogen and oxygen atoms in total. The van der Waals surface area contributed by atoms with Gasteiger partial charge in [0.2, 0.25) is 5.91 Å². The van der Waals surface area contributed by atoms with Crippen LogP contribution in [0.15, 0.2) is 29.1 Å². The maximum Gasteiger partial charge on any atom is 0.308 e. The van der Waals surface area contributed by atoms with E-state index >= 15 is 0 Å². The lowest BCUT2D eigenvalue weighted by Crippen LogP contribution is -2.30. The fourth-order valence-corrected chi connectivity index (χ4v) is 2.86. The van der Waals surface area contributed by atoms with Crippen LogP contribution in [-0.2, 0) is 17.9 Å². The zero-order valence-electron chi connectivity index (χ0n) is 11.3. The average Bonchev–Trinajstić information content (AvgIpc) is 2.63. The summed E-state index contributed by atoms with van der Waals surface area (Å²) in [6.07, 6.45) is 0. The highest BCUT2D eigenvalue weighted by atomic mass is 35.5. The Balaban J connectivity index is 1.98. The van der Waals surface area contributed by atoms with E-state index in [1.165, 1.54) is 4.57 Å². The molecular weight excluding hydrogens is 296 g/mol. The van der Waals surface area contributed by atoms with Gasteiger partial charge in [-0.05, 0) is 31.5 Å². The van der Waals surface area contributed by atoms with Crippen molar-refractivity contribution in [2.75, 3.05) is 0 Å². The van der Waals surface area contributed by atoms with Gasteiger partial charge in [0.05, 0.1) is 0 Å². The van der Waals surface area contributed by atoms with E-state index in [1.807, 2.05) is 26.0 Å². The molecule has 1 heterocycles. The first-order valence-corrected chi connectivity index (χ1v) is 7.35. The molecule has 0 fully saturated rings. The van der Waals surface area contributed by atoms with Crippen LogP contribution in [0.3, 0.4) is 0 Å². The van der Waals surface area contributed by atoms with Crippen molar-refractivity contribution in [3.63, 3.8) is 0 Å². The number of carbonyl (C=O) groups excluding carboxylic acids is 1. The lowest BCUT2D eigenvalue weighted by molar-refractivity contribution is -0.121. The maximum atomic E-state index is 11.9. The average molecular weight is 311 g/mol. The van der Waals surface area contributed by atoms with Crippen molar-refractivity contribution < 1.29 is 4.79 Å². The molecule has 6 heteroatoms. The van der Waals surface area contributed by atoms with Gasteiger partial charge in [-0.25, -0.2) is 0 Å². The third kappa shape index (κ3) is 3.49. The first kappa shape index (κ1) is 14.8. The van der Waals surface area contributed by atoms with Crippen LogP contribution >= 0.6 is 22.9 Å². The molecule has 0 saturated heterocycles. The Kier molecular flexibility index (Phi) is 4.62. The predicted octanol–water partition coefficient (Wildman–Crippen LogP) is 2.50. The summed E-state index contributed by atoms with van der Waals surface area (Å²) in [6, 6.07) is 7.30. The second kappa shape index (κ2) is 6.24. The molecule has 1 aromatic carbocycles. The number of aryl methyl sites for hydroxylation is 1. The van der Waals surface area contributed by atoms with Crippen LogP contribution in [0, 0.1) is 13.8 Å². The van der Waals surface area contributed by atoms with Gasteiger partial charge in [-0.15, -0.1) is 0 Å². The highest BCUT2D eigenvalue weighted by molar-refractivity contribution is 7.09. The molecule has 1 amide bonds. The molecular formula is C14H15ClN2O2S. The van der Waals surface area contributed by atoms with Crippen molar-refractivity contribution >= 4 is 28.8 Å². The maximum absolute atomic E-state index is 11.9. The minimum Gasteiger partial charge on any atom is -0.350 e. The Morgan fingerprint density at radius 3 is 2.75 bits per heavy atom. The monoisotopic (exact) mass is 310 g/mol. The Morgan fingerprint density at radius 1 is 1.40 bits per heavy atom. The third-order valence-electron chi connectivity index (χ3n) is 3.06. The van der Waals surface area contributed by atoms with Crippen molar-refractivity contribution in [1.82, 2.24) is 9.88 Å². The number of halogens is 1. The van der Waals surface area contributed by atoms with E-state index < -0.39 is 0 Å². The molecule has 20 heavy (non-hydrogen) atoms. The number of rotatable bonds is 4. The van der Waals surface area contributed by atoms with Crippen LogP contribution in [-0.4, -0.2) is 10.5 Å². The van der Waals surface area contributed by atoms with Gasteiger partial charge in [-0.1, -0.05) is 35.1 Å². The lowest BCUT2D eigenvalue weighted by atomic mass is 10.2. The van der Waals surface area contributed by atoms with Crippen molar-refractivity contribution in [3.8, 4) is 0 Å². The van der Waals surface area contributed by atoms with Gasteiger partial charge in [0.25, 0.3) is 0 Å². The van der Waals surface area contributed by atoms with Gasteiger partial charge in [-0.3, -0.25) is 14.2 Å². The molecule has 0 aliphatic rings. The minimum atomic E-state index is -0.187. The molecule has 0 radical (unpaired) electrons. The molecule has 2 rings (SSSR count). The molecule has 0 saturated carbocycles. The first-order chi connectivity index (χ1) is 9.47. The fourth-order valence-electron chi connectivity index (χ4n) is 1.82. The molecule has 1 aromatic heterocycles. The summed E-state index contributed by atoms with van der Waals surface area (Å²) >= 11 is 7.04. The molecule has 0 spiro atoms. The normalized spacial score (nSPS) is 10.6. The van der Waals surface area contributed by atoms with E-state index in [2.05, 4.69) is 5.32 Å². The summed E-state index contributed by atoms with van der Waals surface area (Å²) in [6.45, 7) is 4.17. The van der Waals surface area contributed by atoms with Crippen molar-refractivity contribution in [2.24, 2.45) is 0 Å². The van der Waals surface area contributed by atoms with Crippen LogP contribution in [0.2, 0.25) is 5.02 Å². The van der Waals surface area contributed by atoms with Gasteiger partial charge in [0.15, 0.2) is 0 Å². The summed E-state index contributed by atoms with van der Waals surface area (Å²) < 4.78 is 1.49. The molecule has 0 aliphatic heterocycles. The van der Waals surface area contributed by atoms with E-state index in [-0.39, 0.29) is 17.3 Å². The lowest BCUT2D eigenvalue weighted by Gasteiger charge is -2.07. The Morgan fingerprint density at radius 2 is 2.15 bits per heavy atom. The summed E-state index contributed by atoms with van der Waals surface area (Å²) in [5, 5.41) is 3.42. The van der Waals surface area contributed by atoms with Gasteiger partial charge < -0.3 is 5.32 Å². The standard InChI is InChI=1S/C14H15ClN2O2S/c1-9-10(2)20-14(19)17(9)8-13(18)16-7-11-4-3-5-12(15)6-11/h3-6H,7-8H2,1-2H3,(H,16,18). The number of hydrogen-bond donors (Lipinski definition) is 1.